The Hall–Kier alpha value is -5.32. The molecule has 0 bridgehead atoms. The zero-order valence-electron chi connectivity index (χ0n) is 32.4. The largest absolute Gasteiger partial charge is 0.491 e. The summed E-state index contributed by atoms with van der Waals surface area (Å²) in [6.45, 7) is -0.126. The molecule has 17 heteroatoms. The van der Waals surface area contributed by atoms with Crippen LogP contribution >= 0.6 is 0 Å². The number of rotatable bonds is 8. The van der Waals surface area contributed by atoms with E-state index >= 15 is 0 Å². The van der Waals surface area contributed by atoms with Crippen LogP contribution < -0.4 is 25.7 Å². The summed E-state index contributed by atoms with van der Waals surface area (Å²) >= 11 is 0. The highest BCUT2D eigenvalue weighted by atomic mass is 32.2. The lowest BCUT2D eigenvalue weighted by Gasteiger charge is -2.30. The lowest BCUT2D eigenvalue weighted by Crippen LogP contribution is -2.58. The van der Waals surface area contributed by atoms with Gasteiger partial charge in [0.25, 0.3) is 5.91 Å². The van der Waals surface area contributed by atoms with Gasteiger partial charge in [0, 0.05) is 30.5 Å². The quantitative estimate of drug-likeness (QED) is 0.280. The highest BCUT2D eigenvalue weighted by Gasteiger charge is 2.62. The average Bonchev–Trinajstić information content (AvgIpc) is 4.08. The van der Waals surface area contributed by atoms with E-state index < -0.39 is 74.2 Å². The van der Waals surface area contributed by atoms with Gasteiger partial charge >= 0.3 is 11.7 Å². The molecule has 16 nitrogen and oxygen atoms in total. The van der Waals surface area contributed by atoms with Crippen molar-refractivity contribution < 1.29 is 37.1 Å². The first-order chi connectivity index (χ1) is 28.0. The highest BCUT2D eigenvalue weighted by molar-refractivity contribution is 7.91. The summed E-state index contributed by atoms with van der Waals surface area (Å²) in [5, 5.41) is 10.3. The number of nitrogens with zero attached hydrogens (tertiary/aromatic N) is 4. The third kappa shape index (κ3) is 7.92. The molecule has 2 aliphatic heterocycles. The zero-order valence-corrected chi connectivity index (χ0v) is 33.2. The molecule has 4 fully saturated rings. The summed E-state index contributed by atoms with van der Waals surface area (Å²) in [4.78, 5) is 76.2. The first kappa shape index (κ1) is 39.5. The zero-order chi connectivity index (χ0) is 40.6. The fourth-order valence-corrected chi connectivity index (χ4v) is 10.1. The lowest BCUT2D eigenvalue weighted by atomic mass is 10.0. The van der Waals surface area contributed by atoms with E-state index in [1.165, 1.54) is 22.9 Å². The predicted molar refractivity (Wildman–Crippen MR) is 212 cm³/mol. The van der Waals surface area contributed by atoms with Crippen LogP contribution in [0.25, 0.3) is 22.0 Å². The molecule has 4 amide bonds. The second kappa shape index (κ2) is 16.1. The Morgan fingerprint density at radius 2 is 1.74 bits per heavy atom. The van der Waals surface area contributed by atoms with E-state index in [1.54, 1.807) is 12.3 Å². The maximum absolute atomic E-state index is 14.7. The third-order valence-corrected chi connectivity index (χ3v) is 14.0. The Balaban J connectivity index is 1.13. The topological polar surface area (TPSA) is 208 Å². The number of sulfonamides is 1. The van der Waals surface area contributed by atoms with Gasteiger partial charge in [-0.15, -0.1) is 0 Å². The number of aromatic nitrogens is 3. The van der Waals surface area contributed by atoms with Crippen molar-refractivity contribution in [1.82, 2.24) is 35.0 Å². The van der Waals surface area contributed by atoms with Crippen LogP contribution in [0.3, 0.4) is 0 Å². The number of amides is 4. The van der Waals surface area contributed by atoms with Gasteiger partial charge in [-0.2, -0.15) is 5.10 Å². The standard InChI is InChI=1S/C41H49N7O9S/c1-56-35-31(29-19-20-42-32-15-10-9-14-30(29)32)23-43-48(38(35)51)26-21-34-36(49)45-41(39(52)46-58(54,55)28-17-18-28)22-25(41)11-5-3-2-4-6-16-33(37(50)47(34)24-26)44-40(53)57-27-12-7-8-13-27/h5,9-11,14-15,19-20,23,25-28,33-34H,2-4,6-8,12-13,16-18,21-22,24H2,1H3,(H,44,53)(H,45,49)(H,46,52)/b11-5-/t25-,26?,33+,34+,41?/m1/s1. The molecule has 8 rings (SSSR count). The number of methoxy groups -OCH3 is 1. The van der Waals surface area contributed by atoms with E-state index in [1.807, 2.05) is 36.4 Å². The first-order valence-electron chi connectivity index (χ1n) is 20.3. The van der Waals surface area contributed by atoms with Gasteiger partial charge in [0.1, 0.15) is 23.7 Å². The van der Waals surface area contributed by atoms with Crippen LogP contribution in [0.5, 0.6) is 5.75 Å². The van der Waals surface area contributed by atoms with Gasteiger partial charge in [-0.25, -0.2) is 17.9 Å². The molecule has 5 atom stereocenters. The molecule has 3 saturated carbocycles. The number of hydrogen-bond donors (Lipinski definition) is 3. The van der Waals surface area contributed by atoms with E-state index in [4.69, 9.17) is 9.47 Å². The van der Waals surface area contributed by atoms with E-state index in [-0.39, 0.29) is 37.7 Å². The van der Waals surface area contributed by atoms with Gasteiger partial charge in [0.2, 0.25) is 21.8 Å². The van der Waals surface area contributed by atoms with E-state index in [0.29, 0.717) is 36.8 Å². The summed E-state index contributed by atoms with van der Waals surface area (Å²) < 4.78 is 40.6. The Bertz CT molecular complexity index is 2300. The number of benzene rings is 1. The van der Waals surface area contributed by atoms with Crippen LogP contribution in [0.2, 0.25) is 0 Å². The third-order valence-electron chi connectivity index (χ3n) is 12.2. The SMILES string of the molecule is COc1c(-c2ccnc3ccccc23)cnn(C2C[C@H]3C(=O)NC4(C(=O)NS(=O)(=O)C5CC5)C[C@H]4/C=C\CCCCC[C@H](NC(=O)OC4CCCC4)C(=O)N3C2)c1=O. The normalized spacial score (nSPS) is 27.4. The molecule has 1 aromatic carbocycles. The maximum atomic E-state index is 14.7. The van der Waals surface area contributed by atoms with Crippen molar-refractivity contribution in [3.05, 3.63) is 65.2 Å². The summed E-state index contributed by atoms with van der Waals surface area (Å²) in [6.07, 6.45) is 13.5. The van der Waals surface area contributed by atoms with E-state index in [9.17, 15) is 32.4 Å². The summed E-state index contributed by atoms with van der Waals surface area (Å²) in [6, 6.07) is 6.18. The number of carbonyl (C=O) groups is 4. The van der Waals surface area contributed by atoms with Crippen molar-refractivity contribution in [2.24, 2.45) is 5.92 Å². The number of pyridine rings is 1. The van der Waals surface area contributed by atoms with Crippen LogP contribution in [0, 0.1) is 5.92 Å². The van der Waals surface area contributed by atoms with Gasteiger partial charge in [-0.05, 0) is 81.9 Å². The molecule has 58 heavy (non-hydrogen) atoms. The van der Waals surface area contributed by atoms with E-state index in [2.05, 4.69) is 25.4 Å². The monoisotopic (exact) mass is 815 g/mol. The fraction of sp³-hybridized carbons (Fsp3) is 0.537. The average molecular weight is 816 g/mol. The number of carbonyl (C=O) groups excluding carboxylic acids is 4. The molecule has 1 saturated heterocycles. The minimum atomic E-state index is -3.93. The number of fused-ring (bicyclic) bond motifs is 3. The second-order valence-corrected chi connectivity index (χ2v) is 18.1. The van der Waals surface area contributed by atoms with Crippen molar-refractivity contribution in [2.45, 2.75) is 118 Å². The van der Waals surface area contributed by atoms with Crippen molar-refractivity contribution in [1.29, 1.82) is 0 Å². The van der Waals surface area contributed by atoms with Gasteiger partial charge in [-0.3, -0.25) is 28.9 Å². The maximum Gasteiger partial charge on any atom is 0.408 e. The van der Waals surface area contributed by atoms with Crippen LogP contribution in [-0.2, 0) is 29.1 Å². The van der Waals surface area contributed by atoms with Crippen molar-refractivity contribution >= 4 is 44.7 Å². The van der Waals surface area contributed by atoms with Crippen molar-refractivity contribution in [2.75, 3.05) is 13.7 Å². The number of allylic oxidation sites excluding steroid dienone is 1. The number of hydrogen-bond acceptors (Lipinski definition) is 11. The molecule has 3 N–H and O–H groups in total. The molecular weight excluding hydrogens is 767 g/mol. The van der Waals surface area contributed by atoms with Crippen LogP contribution in [0.4, 0.5) is 4.79 Å². The highest BCUT2D eigenvalue weighted by Crippen LogP contribution is 2.46. The van der Waals surface area contributed by atoms with Gasteiger partial charge in [-0.1, -0.05) is 43.2 Å². The van der Waals surface area contributed by atoms with Gasteiger partial charge in [0.15, 0.2) is 5.75 Å². The first-order valence-corrected chi connectivity index (χ1v) is 21.9. The lowest BCUT2D eigenvalue weighted by molar-refractivity contribution is -0.141. The number of alkyl carbamates (subject to hydrolysis) is 1. The molecule has 4 heterocycles. The fourth-order valence-electron chi connectivity index (χ4n) is 8.72. The second-order valence-electron chi connectivity index (χ2n) is 16.1. The van der Waals surface area contributed by atoms with Gasteiger partial charge < -0.3 is 25.0 Å². The summed E-state index contributed by atoms with van der Waals surface area (Å²) in [7, 11) is -2.54. The molecule has 2 aromatic heterocycles. The molecule has 0 spiro atoms. The Morgan fingerprint density at radius 1 is 0.966 bits per heavy atom. The van der Waals surface area contributed by atoms with Crippen molar-refractivity contribution in [3.63, 3.8) is 0 Å². The van der Waals surface area contributed by atoms with E-state index in [0.717, 1.165) is 49.4 Å². The number of para-hydroxylation sites is 1. The minimum absolute atomic E-state index is 0.0147. The summed E-state index contributed by atoms with van der Waals surface area (Å²) in [5.41, 5.74) is -0.290. The van der Waals surface area contributed by atoms with Gasteiger partial charge in [0.05, 0.1) is 35.7 Å². The van der Waals surface area contributed by atoms with Crippen molar-refractivity contribution in [3.8, 4) is 16.9 Å². The minimum Gasteiger partial charge on any atom is -0.491 e. The Morgan fingerprint density at radius 3 is 2.52 bits per heavy atom. The predicted octanol–water partition coefficient (Wildman–Crippen LogP) is 3.65. The molecule has 3 aromatic rings. The Kier molecular flexibility index (Phi) is 11.0. The van der Waals surface area contributed by atoms with Crippen LogP contribution in [0.1, 0.15) is 89.5 Å². The number of ether oxygens (including phenoxy) is 2. The smallest absolute Gasteiger partial charge is 0.408 e. The Labute approximate surface area is 336 Å². The van der Waals surface area contributed by atoms with Crippen LogP contribution in [0.15, 0.2) is 59.7 Å². The molecule has 308 valence electrons. The number of nitrogens with one attached hydrogen (secondary N) is 3. The molecule has 2 unspecified atom stereocenters. The molecule has 3 aliphatic carbocycles. The molecule has 5 aliphatic rings. The summed E-state index contributed by atoms with van der Waals surface area (Å²) in [5.74, 6) is -2.51. The molecule has 0 radical (unpaired) electrons. The molecular formula is C41H49N7O9S. The van der Waals surface area contributed by atoms with Crippen LogP contribution in [-0.4, -0.2) is 94.5 Å².